The molecule has 1 aliphatic rings. The summed E-state index contributed by atoms with van der Waals surface area (Å²) in [5.74, 6) is -0.0458. The zero-order chi connectivity index (χ0) is 11.5. The Morgan fingerprint density at radius 2 is 2.25 bits per heavy atom. The van der Waals surface area contributed by atoms with Gasteiger partial charge in [0.25, 0.3) is 0 Å². The summed E-state index contributed by atoms with van der Waals surface area (Å²) in [5.41, 5.74) is 1.55. The zero-order valence-electron chi connectivity index (χ0n) is 9.52. The fraction of sp³-hybridized carbons (Fsp3) is 0.538. The van der Waals surface area contributed by atoms with Crippen LogP contribution in [0.3, 0.4) is 0 Å². The van der Waals surface area contributed by atoms with Crippen molar-refractivity contribution < 1.29 is 4.39 Å². The summed E-state index contributed by atoms with van der Waals surface area (Å²) in [5, 5.41) is 3.45. The lowest BCUT2D eigenvalue weighted by Gasteiger charge is -2.24. The van der Waals surface area contributed by atoms with Gasteiger partial charge in [-0.3, -0.25) is 0 Å². The third-order valence-corrected chi connectivity index (χ3v) is 3.63. The summed E-state index contributed by atoms with van der Waals surface area (Å²) in [6.07, 6.45) is 4.46. The first-order chi connectivity index (χ1) is 7.66. The van der Waals surface area contributed by atoms with E-state index in [0.29, 0.717) is 6.04 Å². The van der Waals surface area contributed by atoms with Crippen LogP contribution in [0.25, 0.3) is 0 Å². The smallest absolute Gasteiger partial charge is 0.129 e. The first-order valence-corrected chi connectivity index (χ1v) is 6.64. The number of hydrogen-bond donors (Lipinski definition) is 1. The molecule has 0 bridgehead atoms. The Hall–Kier alpha value is -0.410. The van der Waals surface area contributed by atoms with Crippen LogP contribution in [0.2, 0.25) is 0 Å². The van der Waals surface area contributed by atoms with Gasteiger partial charge in [-0.1, -0.05) is 22.4 Å². The predicted octanol–water partition coefficient (Wildman–Crippen LogP) is 3.58. The fourth-order valence-electron chi connectivity index (χ4n) is 2.31. The van der Waals surface area contributed by atoms with Crippen LogP contribution in [0.1, 0.15) is 30.4 Å². The second kappa shape index (κ2) is 5.28. The Morgan fingerprint density at radius 1 is 1.44 bits per heavy atom. The molecule has 88 valence electrons. The summed E-state index contributed by atoms with van der Waals surface area (Å²) in [4.78, 5) is 0. The summed E-state index contributed by atoms with van der Waals surface area (Å²) in [6, 6.07) is 4.17. The molecule has 1 aromatic carbocycles. The Kier molecular flexibility index (Phi) is 3.98. The molecule has 2 rings (SSSR count). The van der Waals surface area contributed by atoms with Gasteiger partial charge >= 0.3 is 0 Å². The van der Waals surface area contributed by atoms with Crippen LogP contribution in [-0.4, -0.2) is 12.6 Å². The van der Waals surface area contributed by atoms with Crippen LogP contribution in [0.15, 0.2) is 16.6 Å². The number of halogens is 2. The highest BCUT2D eigenvalue weighted by Gasteiger charge is 2.16. The Balaban J connectivity index is 2.13. The van der Waals surface area contributed by atoms with Gasteiger partial charge in [0.2, 0.25) is 0 Å². The van der Waals surface area contributed by atoms with E-state index in [9.17, 15) is 4.39 Å². The molecule has 1 heterocycles. The van der Waals surface area contributed by atoms with E-state index in [1.807, 2.05) is 19.1 Å². The lowest BCUT2D eigenvalue weighted by atomic mass is 9.96. The van der Waals surface area contributed by atoms with E-state index < -0.39 is 0 Å². The highest BCUT2D eigenvalue weighted by atomic mass is 79.9. The molecule has 1 unspecified atom stereocenters. The lowest BCUT2D eigenvalue weighted by Crippen LogP contribution is -2.35. The van der Waals surface area contributed by atoms with E-state index in [2.05, 4.69) is 21.2 Å². The molecule has 0 aromatic heterocycles. The van der Waals surface area contributed by atoms with Gasteiger partial charge < -0.3 is 5.32 Å². The SMILES string of the molecule is Cc1cc(Br)cc(CC2CCCCN2)c1F. The Morgan fingerprint density at radius 3 is 2.94 bits per heavy atom. The van der Waals surface area contributed by atoms with E-state index in [0.717, 1.165) is 35.0 Å². The maximum Gasteiger partial charge on any atom is 0.129 e. The molecular formula is C13H17BrFN. The number of rotatable bonds is 2. The Labute approximate surface area is 105 Å². The maximum atomic E-state index is 13.9. The minimum Gasteiger partial charge on any atom is -0.314 e. The number of piperidine rings is 1. The van der Waals surface area contributed by atoms with E-state index in [1.165, 1.54) is 12.8 Å². The number of hydrogen-bond acceptors (Lipinski definition) is 1. The largest absolute Gasteiger partial charge is 0.314 e. The number of benzene rings is 1. The summed E-state index contributed by atoms with van der Waals surface area (Å²) >= 11 is 3.42. The van der Waals surface area contributed by atoms with Crippen LogP contribution in [0, 0.1) is 12.7 Å². The maximum absolute atomic E-state index is 13.9. The topological polar surface area (TPSA) is 12.0 Å². The van der Waals surface area contributed by atoms with Gasteiger partial charge in [-0.2, -0.15) is 0 Å². The predicted molar refractivity (Wildman–Crippen MR) is 68.2 cm³/mol. The van der Waals surface area contributed by atoms with Crippen molar-refractivity contribution in [2.45, 2.75) is 38.6 Å². The van der Waals surface area contributed by atoms with Crippen molar-refractivity contribution in [3.05, 3.63) is 33.5 Å². The molecule has 0 saturated carbocycles. The molecule has 1 aliphatic heterocycles. The first kappa shape index (κ1) is 12.1. The number of aryl methyl sites for hydroxylation is 1. The average Bonchev–Trinajstić information content (AvgIpc) is 2.27. The molecule has 1 N–H and O–H groups in total. The minimum atomic E-state index is -0.0458. The molecule has 1 nitrogen and oxygen atoms in total. The molecule has 1 atom stereocenters. The summed E-state index contributed by atoms with van der Waals surface area (Å²) in [6.45, 7) is 2.89. The summed E-state index contributed by atoms with van der Waals surface area (Å²) < 4.78 is 14.9. The molecule has 0 spiro atoms. The zero-order valence-corrected chi connectivity index (χ0v) is 11.1. The van der Waals surface area contributed by atoms with Crippen LogP contribution >= 0.6 is 15.9 Å². The van der Waals surface area contributed by atoms with Crippen molar-refractivity contribution in [3.63, 3.8) is 0 Å². The molecule has 0 aliphatic carbocycles. The van der Waals surface area contributed by atoms with Gasteiger partial charge in [-0.15, -0.1) is 0 Å². The third kappa shape index (κ3) is 2.83. The Bertz CT molecular complexity index is 372. The van der Waals surface area contributed by atoms with Gasteiger partial charge in [-0.25, -0.2) is 4.39 Å². The minimum absolute atomic E-state index is 0.0458. The second-order valence-corrected chi connectivity index (χ2v) is 5.46. The quantitative estimate of drug-likeness (QED) is 0.876. The van der Waals surface area contributed by atoms with Crippen LogP contribution in [0.5, 0.6) is 0 Å². The molecule has 1 fully saturated rings. The molecule has 1 aromatic rings. The highest BCUT2D eigenvalue weighted by molar-refractivity contribution is 9.10. The van der Waals surface area contributed by atoms with Gasteiger partial charge in [0.1, 0.15) is 5.82 Å². The van der Waals surface area contributed by atoms with E-state index in [4.69, 9.17) is 0 Å². The monoisotopic (exact) mass is 285 g/mol. The highest BCUT2D eigenvalue weighted by Crippen LogP contribution is 2.22. The molecule has 16 heavy (non-hydrogen) atoms. The molecule has 0 amide bonds. The van der Waals surface area contributed by atoms with Crippen molar-refractivity contribution in [2.75, 3.05) is 6.54 Å². The molecule has 3 heteroatoms. The lowest BCUT2D eigenvalue weighted by molar-refractivity contribution is 0.395. The standard InChI is InChI=1S/C13H17BrFN/c1-9-6-11(14)7-10(13(9)15)8-12-4-2-3-5-16-12/h6-7,12,16H,2-5,8H2,1H3. The normalized spacial score (nSPS) is 21.1. The number of nitrogens with one attached hydrogen (secondary N) is 1. The van der Waals surface area contributed by atoms with Crippen LogP contribution < -0.4 is 5.32 Å². The van der Waals surface area contributed by atoms with Crippen molar-refractivity contribution >= 4 is 15.9 Å². The van der Waals surface area contributed by atoms with Crippen molar-refractivity contribution in [1.82, 2.24) is 5.32 Å². The fourth-order valence-corrected chi connectivity index (χ4v) is 2.93. The van der Waals surface area contributed by atoms with Crippen LogP contribution in [-0.2, 0) is 6.42 Å². The van der Waals surface area contributed by atoms with Gasteiger partial charge in [0.15, 0.2) is 0 Å². The molecule has 1 saturated heterocycles. The van der Waals surface area contributed by atoms with E-state index in [1.54, 1.807) is 0 Å². The molecule has 0 radical (unpaired) electrons. The van der Waals surface area contributed by atoms with Crippen LogP contribution in [0.4, 0.5) is 4.39 Å². The van der Waals surface area contributed by atoms with E-state index >= 15 is 0 Å². The van der Waals surface area contributed by atoms with Gasteiger partial charge in [-0.05, 0) is 56.0 Å². The van der Waals surface area contributed by atoms with Crippen molar-refractivity contribution in [1.29, 1.82) is 0 Å². The first-order valence-electron chi connectivity index (χ1n) is 5.84. The van der Waals surface area contributed by atoms with Crippen molar-refractivity contribution in [2.24, 2.45) is 0 Å². The van der Waals surface area contributed by atoms with Gasteiger partial charge in [0, 0.05) is 10.5 Å². The van der Waals surface area contributed by atoms with Gasteiger partial charge in [0.05, 0.1) is 0 Å². The van der Waals surface area contributed by atoms with Crippen molar-refractivity contribution in [3.8, 4) is 0 Å². The average molecular weight is 286 g/mol. The molecular weight excluding hydrogens is 269 g/mol. The summed E-state index contributed by atoms with van der Waals surface area (Å²) in [7, 11) is 0. The third-order valence-electron chi connectivity index (χ3n) is 3.17. The van der Waals surface area contributed by atoms with E-state index in [-0.39, 0.29) is 5.82 Å². The second-order valence-electron chi connectivity index (χ2n) is 4.55.